The quantitative estimate of drug-likeness (QED) is 0.877. The van der Waals surface area contributed by atoms with Crippen LogP contribution in [0, 0.1) is 12.8 Å². The van der Waals surface area contributed by atoms with E-state index >= 15 is 0 Å². The molecule has 1 fully saturated rings. The van der Waals surface area contributed by atoms with Crippen LogP contribution in [0.2, 0.25) is 0 Å². The molecule has 0 radical (unpaired) electrons. The molecule has 0 saturated carbocycles. The number of hydrogen-bond acceptors (Lipinski definition) is 4. The number of aryl methyl sites for hydroxylation is 1. The first-order valence-electron chi connectivity index (χ1n) is 6.42. The number of thiazole rings is 1. The Labute approximate surface area is 108 Å². The highest BCUT2D eigenvalue weighted by atomic mass is 32.1. The number of hydrogen-bond donors (Lipinski definition) is 1. The predicted octanol–water partition coefficient (Wildman–Crippen LogP) is 2.70. The van der Waals surface area contributed by atoms with Crippen LogP contribution in [0.5, 0.6) is 0 Å². The Bertz CT molecular complexity index is 360. The first kappa shape index (κ1) is 13.0. The topological polar surface area (TPSA) is 34.2 Å². The average Bonchev–Trinajstić information content (AvgIpc) is 2.96. The normalized spacial score (nSPS) is 23.8. The molecule has 1 aliphatic rings. The summed E-state index contributed by atoms with van der Waals surface area (Å²) in [5, 5.41) is 7.03. The zero-order valence-corrected chi connectivity index (χ0v) is 11.8. The molecule has 17 heavy (non-hydrogen) atoms. The molecular weight excluding hydrogens is 232 g/mol. The van der Waals surface area contributed by atoms with Gasteiger partial charge in [0.25, 0.3) is 0 Å². The van der Waals surface area contributed by atoms with E-state index < -0.39 is 0 Å². The van der Waals surface area contributed by atoms with Crippen molar-refractivity contribution in [3.63, 3.8) is 0 Å². The van der Waals surface area contributed by atoms with Crippen LogP contribution >= 0.6 is 11.3 Å². The summed E-state index contributed by atoms with van der Waals surface area (Å²) in [6.07, 6.45) is 2.28. The maximum absolute atomic E-state index is 5.55. The second-order valence-electron chi connectivity index (χ2n) is 4.98. The van der Waals surface area contributed by atoms with E-state index in [-0.39, 0.29) is 5.54 Å². The molecule has 2 heterocycles. The molecule has 0 bridgehead atoms. The molecule has 1 aromatic rings. The summed E-state index contributed by atoms with van der Waals surface area (Å²) >= 11 is 1.76. The second kappa shape index (κ2) is 5.46. The van der Waals surface area contributed by atoms with Crippen molar-refractivity contribution >= 4 is 11.3 Å². The van der Waals surface area contributed by atoms with E-state index in [0.29, 0.717) is 5.92 Å². The summed E-state index contributed by atoms with van der Waals surface area (Å²) in [6, 6.07) is 0. The fourth-order valence-electron chi connectivity index (χ4n) is 2.36. The Kier molecular flexibility index (Phi) is 4.17. The van der Waals surface area contributed by atoms with Gasteiger partial charge in [0.05, 0.1) is 12.1 Å². The molecule has 0 spiro atoms. The third-order valence-corrected chi connectivity index (χ3v) is 4.75. The number of rotatable bonds is 5. The van der Waals surface area contributed by atoms with Gasteiger partial charge in [-0.2, -0.15) is 0 Å². The fraction of sp³-hybridized carbons (Fsp3) is 0.769. The number of aromatic nitrogens is 1. The molecule has 2 rings (SSSR count). The number of ether oxygens (including phenoxy) is 1. The molecule has 3 nitrogen and oxygen atoms in total. The third kappa shape index (κ3) is 2.69. The summed E-state index contributed by atoms with van der Waals surface area (Å²) in [6.45, 7) is 9.31. The first-order chi connectivity index (χ1) is 8.16. The van der Waals surface area contributed by atoms with E-state index in [0.717, 1.165) is 38.3 Å². The van der Waals surface area contributed by atoms with Gasteiger partial charge < -0.3 is 10.1 Å². The Morgan fingerprint density at radius 2 is 2.47 bits per heavy atom. The Morgan fingerprint density at radius 3 is 3.00 bits per heavy atom. The summed E-state index contributed by atoms with van der Waals surface area (Å²) < 4.78 is 5.55. The Balaban J connectivity index is 2.22. The van der Waals surface area contributed by atoms with Gasteiger partial charge in [-0.15, -0.1) is 11.3 Å². The van der Waals surface area contributed by atoms with Crippen LogP contribution in [0.1, 0.15) is 37.4 Å². The maximum atomic E-state index is 5.55. The van der Waals surface area contributed by atoms with Crippen molar-refractivity contribution in [1.29, 1.82) is 0 Å². The van der Waals surface area contributed by atoms with E-state index in [1.807, 2.05) is 0 Å². The molecule has 96 valence electrons. The number of nitrogens with zero attached hydrogens (tertiary/aromatic N) is 1. The highest BCUT2D eigenvalue weighted by Crippen LogP contribution is 2.36. The fourth-order valence-corrected chi connectivity index (χ4v) is 3.38. The van der Waals surface area contributed by atoms with Gasteiger partial charge >= 0.3 is 0 Å². The molecule has 1 aromatic heterocycles. The largest absolute Gasteiger partial charge is 0.381 e. The van der Waals surface area contributed by atoms with Crippen LogP contribution in [-0.4, -0.2) is 24.7 Å². The van der Waals surface area contributed by atoms with Crippen LogP contribution in [-0.2, 0) is 10.3 Å². The van der Waals surface area contributed by atoms with Crippen molar-refractivity contribution in [1.82, 2.24) is 10.3 Å². The molecule has 2 unspecified atom stereocenters. The predicted molar refractivity (Wildman–Crippen MR) is 71.4 cm³/mol. The molecule has 1 saturated heterocycles. The lowest BCUT2D eigenvalue weighted by molar-refractivity contribution is 0.152. The van der Waals surface area contributed by atoms with Gasteiger partial charge in [0.1, 0.15) is 5.01 Å². The second-order valence-corrected chi connectivity index (χ2v) is 5.84. The van der Waals surface area contributed by atoms with Crippen LogP contribution in [0.3, 0.4) is 0 Å². The monoisotopic (exact) mass is 254 g/mol. The van der Waals surface area contributed by atoms with Crippen LogP contribution in [0.15, 0.2) is 5.38 Å². The lowest BCUT2D eigenvalue weighted by Gasteiger charge is -2.34. The molecule has 0 aromatic carbocycles. The van der Waals surface area contributed by atoms with Gasteiger partial charge in [-0.1, -0.05) is 6.92 Å². The van der Waals surface area contributed by atoms with Gasteiger partial charge in [-0.3, -0.25) is 0 Å². The van der Waals surface area contributed by atoms with Crippen molar-refractivity contribution < 1.29 is 4.74 Å². The lowest BCUT2D eigenvalue weighted by Crippen LogP contribution is -2.46. The van der Waals surface area contributed by atoms with Crippen LogP contribution in [0.25, 0.3) is 0 Å². The van der Waals surface area contributed by atoms with Crippen molar-refractivity contribution in [2.75, 3.05) is 19.8 Å². The molecular formula is C13H22N2OS. The standard InChI is InChI=1S/C13H22N2OS/c1-4-6-14-13(3,11-5-7-16-8-11)12-15-10(2)9-17-12/h9,11,14H,4-8H2,1-3H3. The molecule has 1 aliphatic heterocycles. The van der Waals surface area contributed by atoms with Crippen molar-refractivity contribution in [3.05, 3.63) is 16.1 Å². The summed E-state index contributed by atoms with van der Waals surface area (Å²) in [7, 11) is 0. The van der Waals surface area contributed by atoms with Gasteiger partial charge in [0, 0.05) is 23.6 Å². The summed E-state index contributed by atoms with van der Waals surface area (Å²) in [4.78, 5) is 4.68. The van der Waals surface area contributed by atoms with E-state index in [2.05, 4.69) is 36.5 Å². The SMILES string of the molecule is CCCNC(C)(c1nc(C)cs1)C1CCOC1. The molecule has 2 atom stereocenters. The van der Waals surface area contributed by atoms with E-state index in [4.69, 9.17) is 4.74 Å². The van der Waals surface area contributed by atoms with Crippen molar-refractivity contribution in [2.45, 2.75) is 39.2 Å². The average molecular weight is 254 g/mol. The van der Waals surface area contributed by atoms with Gasteiger partial charge in [0.2, 0.25) is 0 Å². The maximum Gasteiger partial charge on any atom is 0.113 e. The van der Waals surface area contributed by atoms with Crippen LogP contribution < -0.4 is 5.32 Å². The zero-order valence-electron chi connectivity index (χ0n) is 11.0. The highest BCUT2D eigenvalue weighted by molar-refractivity contribution is 7.09. The minimum Gasteiger partial charge on any atom is -0.381 e. The smallest absolute Gasteiger partial charge is 0.113 e. The van der Waals surface area contributed by atoms with Gasteiger partial charge in [0.15, 0.2) is 0 Å². The van der Waals surface area contributed by atoms with Gasteiger partial charge in [-0.25, -0.2) is 4.98 Å². The van der Waals surface area contributed by atoms with E-state index in [1.165, 1.54) is 5.01 Å². The summed E-state index contributed by atoms with van der Waals surface area (Å²) in [5.41, 5.74) is 1.10. The first-order valence-corrected chi connectivity index (χ1v) is 7.30. The summed E-state index contributed by atoms with van der Waals surface area (Å²) in [5.74, 6) is 0.541. The molecule has 0 aliphatic carbocycles. The zero-order chi connectivity index (χ0) is 12.3. The third-order valence-electron chi connectivity index (χ3n) is 3.55. The lowest BCUT2D eigenvalue weighted by atomic mass is 9.85. The molecule has 0 amide bonds. The highest BCUT2D eigenvalue weighted by Gasteiger charge is 2.39. The van der Waals surface area contributed by atoms with Crippen molar-refractivity contribution in [2.24, 2.45) is 5.92 Å². The van der Waals surface area contributed by atoms with E-state index in [1.54, 1.807) is 11.3 Å². The Hall–Kier alpha value is -0.450. The number of nitrogens with one attached hydrogen (secondary N) is 1. The molecule has 4 heteroatoms. The minimum atomic E-state index is -0.0224. The Morgan fingerprint density at radius 1 is 1.65 bits per heavy atom. The van der Waals surface area contributed by atoms with Crippen LogP contribution in [0.4, 0.5) is 0 Å². The van der Waals surface area contributed by atoms with E-state index in [9.17, 15) is 0 Å². The molecule has 1 N–H and O–H groups in total. The van der Waals surface area contributed by atoms with Crippen molar-refractivity contribution in [3.8, 4) is 0 Å². The van der Waals surface area contributed by atoms with Gasteiger partial charge in [-0.05, 0) is 33.2 Å². The minimum absolute atomic E-state index is 0.0224.